The summed E-state index contributed by atoms with van der Waals surface area (Å²) in [5.41, 5.74) is 2.44. The third kappa shape index (κ3) is 6.67. The molecule has 0 saturated carbocycles. The molecule has 1 heterocycles. The minimum absolute atomic E-state index is 0. The van der Waals surface area contributed by atoms with E-state index in [0.717, 1.165) is 37.6 Å². The largest absolute Gasteiger partial charge is 0.508 e. The number of hydrogen-bond acceptors (Lipinski definition) is 3. The molecule has 2 unspecified atom stereocenters. The first-order chi connectivity index (χ1) is 13.1. The van der Waals surface area contributed by atoms with Crippen LogP contribution < -0.4 is 10.6 Å². The molecule has 28 heavy (non-hydrogen) atoms. The van der Waals surface area contributed by atoms with E-state index in [1.54, 1.807) is 12.1 Å². The number of likely N-dealkylation sites (tertiary alicyclic amines) is 1. The van der Waals surface area contributed by atoms with E-state index in [2.05, 4.69) is 59.7 Å². The van der Waals surface area contributed by atoms with Crippen LogP contribution in [-0.4, -0.2) is 41.1 Å². The van der Waals surface area contributed by atoms with Gasteiger partial charge in [0.15, 0.2) is 5.96 Å². The first-order valence-corrected chi connectivity index (χ1v) is 9.74. The zero-order chi connectivity index (χ0) is 19.1. The maximum absolute atomic E-state index is 9.40. The van der Waals surface area contributed by atoms with Gasteiger partial charge in [-0.05, 0) is 43.5 Å². The molecule has 2 atom stereocenters. The van der Waals surface area contributed by atoms with Crippen molar-refractivity contribution >= 4 is 29.9 Å². The third-order valence-corrected chi connectivity index (χ3v) is 4.97. The number of nitrogens with one attached hydrogen (secondary N) is 2. The molecule has 1 fully saturated rings. The van der Waals surface area contributed by atoms with Crippen LogP contribution in [0.15, 0.2) is 59.6 Å². The average molecular weight is 494 g/mol. The number of phenolic OH excluding ortho intramolecular Hbond substituents is 1. The Balaban J connectivity index is 0.00000280. The SMILES string of the molecule is CCNC(=NCc1ccc(O)cc1)NC1CC(C)N(Cc2ccccc2)C1.I. The first-order valence-electron chi connectivity index (χ1n) is 9.74. The summed E-state index contributed by atoms with van der Waals surface area (Å²) in [6, 6.07) is 18.8. The maximum atomic E-state index is 9.40. The molecule has 6 heteroatoms. The van der Waals surface area contributed by atoms with Gasteiger partial charge < -0.3 is 15.7 Å². The fourth-order valence-corrected chi connectivity index (χ4v) is 3.53. The van der Waals surface area contributed by atoms with Crippen LogP contribution in [0.25, 0.3) is 0 Å². The summed E-state index contributed by atoms with van der Waals surface area (Å²) in [5, 5.41) is 16.3. The second kappa shape index (κ2) is 11.3. The summed E-state index contributed by atoms with van der Waals surface area (Å²) in [6.07, 6.45) is 1.11. The topological polar surface area (TPSA) is 59.9 Å². The predicted molar refractivity (Wildman–Crippen MR) is 126 cm³/mol. The number of aliphatic imine (C=N–C) groups is 1. The fraction of sp³-hybridized carbons (Fsp3) is 0.409. The van der Waals surface area contributed by atoms with E-state index in [4.69, 9.17) is 4.99 Å². The number of hydrogen-bond donors (Lipinski definition) is 3. The molecular formula is C22H31IN4O. The zero-order valence-electron chi connectivity index (χ0n) is 16.6. The van der Waals surface area contributed by atoms with Crippen molar-refractivity contribution in [3.63, 3.8) is 0 Å². The molecule has 2 aromatic rings. The van der Waals surface area contributed by atoms with Crippen molar-refractivity contribution in [2.45, 2.75) is 45.4 Å². The lowest BCUT2D eigenvalue weighted by Gasteiger charge is -2.21. The molecule has 0 radical (unpaired) electrons. The highest BCUT2D eigenvalue weighted by Gasteiger charge is 2.29. The molecule has 2 aromatic carbocycles. The highest BCUT2D eigenvalue weighted by Crippen LogP contribution is 2.20. The van der Waals surface area contributed by atoms with E-state index in [9.17, 15) is 5.11 Å². The van der Waals surface area contributed by atoms with Crippen LogP contribution in [0, 0.1) is 0 Å². The molecule has 0 aromatic heterocycles. The summed E-state index contributed by atoms with van der Waals surface area (Å²) in [5.74, 6) is 1.13. The van der Waals surface area contributed by atoms with Crippen molar-refractivity contribution in [1.82, 2.24) is 15.5 Å². The van der Waals surface area contributed by atoms with Crippen molar-refractivity contribution in [1.29, 1.82) is 0 Å². The van der Waals surface area contributed by atoms with E-state index >= 15 is 0 Å². The fourth-order valence-electron chi connectivity index (χ4n) is 3.53. The summed E-state index contributed by atoms with van der Waals surface area (Å²) >= 11 is 0. The van der Waals surface area contributed by atoms with Crippen LogP contribution in [0.5, 0.6) is 5.75 Å². The molecule has 0 bridgehead atoms. The minimum atomic E-state index is 0. The van der Waals surface area contributed by atoms with Crippen molar-refractivity contribution in [2.75, 3.05) is 13.1 Å². The van der Waals surface area contributed by atoms with Crippen molar-refractivity contribution in [3.8, 4) is 5.75 Å². The molecule has 3 rings (SSSR count). The Morgan fingerprint density at radius 3 is 2.50 bits per heavy atom. The zero-order valence-corrected chi connectivity index (χ0v) is 19.0. The predicted octanol–water partition coefficient (Wildman–Crippen LogP) is 3.73. The summed E-state index contributed by atoms with van der Waals surface area (Å²) in [7, 11) is 0. The molecule has 152 valence electrons. The van der Waals surface area contributed by atoms with Gasteiger partial charge in [-0.15, -0.1) is 24.0 Å². The Morgan fingerprint density at radius 2 is 1.82 bits per heavy atom. The van der Waals surface area contributed by atoms with Crippen LogP contribution in [0.1, 0.15) is 31.4 Å². The summed E-state index contributed by atoms with van der Waals surface area (Å²) in [4.78, 5) is 7.23. The van der Waals surface area contributed by atoms with E-state index in [-0.39, 0.29) is 29.7 Å². The van der Waals surface area contributed by atoms with E-state index in [0.29, 0.717) is 18.6 Å². The Hall–Kier alpha value is -1.80. The molecule has 5 nitrogen and oxygen atoms in total. The quantitative estimate of drug-likeness (QED) is 0.326. The highest BCUT2D eigenvalue weighted by molar-refractivity contribution is 14.0. The van der Waals surface area contributed by atoms with Crippen LogP contribution in [-0.2, 0) is 13.1 Å². The maximum Gasteiger partial charge on any atom is 0.191 e. The molecular weight excluding hydrogens is 463 g/mol. The lowest BCUT2D eigenvalue weighted by molar-refractivity contribution is 0.258. The second-order valence-electron chi connectivity index (χ2n) is 7.20. The minimum Gasteiger partial charge on any atom is -0.508 e. The van der Waals surface area contributed by atoms with Crippen LogP contribution in [0.2, 0.25) is 0 Å². The molecule has 3 N–H and O–H groups in total. The number of benzene rings is 2. The lowest BCUT2D eigenvalue weighted by Crippen LogP contribution is -2.44. The first kappa shape index (κ1) is 22.5. The van der Waals surface area contributed by atoms with Crippen LogP contribution in [0.3, 0.4) is 0 Å². The molecule has 0 aliphatic carbocycles. The van der Waals surface area contributed by atoms with Gasteiger partial charge in [0.1, 0.15) is 5.75 Å². The van der Waals surface area contributed by atoms with Gasteiger partial charge in [0.05, 0.1) is 6.54 Å². The number of guanidine groups is 1. The van der Waals surface area contributed by atoms with Crippen molar-refractivity contribution in [3.05, 3.63) is 65.7 Å². The van der Waals surface area contributed by atoms with Gasteiger partial charge in [-0.25, -0.2) is 4.99 Å². The van der Waals surface area contributed by atoms with Gasteiger partial charge in [-0.3, -0.25) is 4.90 Å². The Kier molecular flexibility index (Phi) is 9.05. The molecule has 1 saturated heterocycles. The summed E-state index contributed by atoms with van der Waals surface area (Å²) in [6.45, 7) is 7.80. The average Bonchev–Trinajstić information content (AvgIpc) is 3.01. The van der Waals surface area contributed by atoms with Crippen molar-refractivity contribution in [2.24, 2.45) is 4.99 Å². The normalized spacial score (nSPS) is 19.9. The Bertz CT molecular complexity index is 736. The summed E-state index contributed by atoms with van der Waals surface area (Å²) < 4.78 is 0. The van der Waals surface area contributed by atoms with E-state index in [1.807, 2.05) is 12.1 Å². The molecule has 1 aliphatic rings. The van der Waals surface area contributed by atoms with Gasteiger partial charge in [0.2, 0.25) is 0 Å². The Labute approximate surface area is 185 Å². The molecule has 0 spiro atoms. The smallest absolute Gasteiger partial charge is 0.191 e. The van der Waals surface area contributed by atoms with Gasteiger partial charge in [-0.2, -0.15) is 0 Å². The van der Waals surface area contributed by atoms with Gasteiger partial charge >= 0.3 is 0 Å². The van der Waals surface area contributed by atoms with Gasteiger partial charge in [0, 0.05) is 31.7 Å². The van der Waals surface area contributed by atoms with Crippen molar-refractivity contribution < 1.29 is 5.11 Å². The third-order valence-electron chi connectivity index (χ3n) is 4.97. The lowest BCUT2D eigenvalue weighted by atomic mass is 10.2. The second-order valence-corrected chi connectivity index (χ2v) is 7.20. The highest BCUT2D eigenvalue weighted by atomic mass is 127. The van der Waals surface area contributed by atoms with E-state index in [1.165, 1.54) is 5.56 Å². The number of nitrogens with zero attached hydrogens (tertiary/aromatic N) is 2. The number of halogens is 1. The molecule has 1 aliphatic heterocycles. The van der Waals surface area contributed by atoms with Gasteiger partial charge in [0.25, 0.3) is 0 Å². The van der Waals surface area contributed by atoms with Crippen LogP contribution in [0.4, 0.5) is 0 Å². The number of rotatable bonds is 6. The molecule has 0 amide bonds. The standard InChI is InChI=1S/C22H30N4O.HI/c1-3-23-22(24-14-18-9-11-21(27)12-10-18)25-20-13-17(2)26(16-20)15-19-7-5-4-6-8-19;/h4-12,17,20,27H,3,13-16H2,1-2H3,(H2,23,24,25);1H. The van der Waals surface area contributed by atoms with E-state index < -0.39 is 0 Å². The monoisotopic (exact) mass is 494 g/mol. The number of aromatic hydroxyl groups is 1. The Morgan fingerprint density at radius 1 is 1.11 bits per heavy atom. The van der Waals surface area contributed by atoms with Crippen LogP contribution >= 0.6 is 24.0 Å². The number of phenols is 1. The van der Waals surface area contributed by atoms with Gasteiger partial charge in [-0.1, -0.05) is 42.5 Å².